The molecule has 1 N–H and O–H groups in total. The number of rotatable bonds is 6. The average Bonchev–Trinajstić information content (AvgIpc) is 2.79. The number of ether oxygens (including phenoxy) is 1. The van der Waals surface area contributed by atoms with Crippen molar-refractivity contribution in [2.75, 3.05) is 0 Å². The summed E-state index contributed by atoms with van der Waals surface area (Å²) in [6.07, 6.45) is 0.674. The van der Waals surface area contributed by atoms with Crippen molar-refractivity contribution in [3.63, 3.8) is 0 Å². The number of hydrogen-bond donors (Lipinski definition) is 1. The summed E-state index contributed by atoms with van der Waals surface area (Å²) in [5.74, 6) is -1.65. The maximum Gasteiger partial charge on any atom is 0.361 e. The molecule has 0 aliphatic rings. The minimum atomic E-state index is -1.28. The maximum atomic E-state index is 11.6. The van der Waals surface area contributed by atoms with Gasteiger partial charge < -0.3 is 19.1 Å². The number of nitrogens with zero attached hydrogens (tertiary/aromatic N) is 1. The molecule has 0 spiro atoms. The largest absolute Gasteiger partial charge is 0.476 e. The third kappa shape index (κ3) is 6.11. The smallest absolute Gasteiger partial charge is 0.361 e. The highest BCUT2D eigenvalue weighted by Crippen LogP contribution is 2.11. The van der Waals surface area contributed by atoms with Gasteiger partial charge in [0.2, 0.25) is 5.71 Å². The third-order valence-corrected chi connectivity index (χ3v) is 2.16. The topological polar surface area (TPSA) is 98.3 Å². The number of carbonyl (C=O) groups excluding carboxylic acids is 1. The highest BCUT2D eigenvalue weighted by molar-refractivity contribution is 6.41. The third-order valence-electron chi connectivity index (χ3n) is 2.16. The number of carboxylic acid groups (broad SMARTS) is 1. The highest BCUT2D eigenvalue weighted by Gasteiger charge is 2.21. The van der Waals surface area contributed by atoms with Crippen LogP contribution in [0.1, 0.15) is 39.9 Å². The lowest BCUT2D eigenvalue weighted by Gasteiger charge is -2.20. The Hall–Kier alpha value is -2.31. The van der Waals surface area contributed by atoms with Crippen LogP contribution < -0.4 is 0 Å². The summed E-state index contributed by atoms with van der Waals surface area (Å²) in [6, 6.07) is 2.99. The molecule has 0 fully saturated rings. The van der Waals surface area contributed by atoms with E-state index in [2.05, 4.69) is 5.16 Å². The van der Waals surface area contributed by atoms with Crippen molar-refractivity contribution in [1.29, 1.82) is 0 Å². The van der Waals surface area contributed by atoms with Gasteiger partial charge in [-0.3, -0.25) is 4.79 Å². The van der Waals surface area contributed by atoms with Crippen LogP contribution in [0.15, 0.2) is 28.0 Å². The number of carboxylic acids is 1. The average molecular weight is 297 g/mol. The Kier molecular flexibility index (Phi) is 5.52. The summed E-state index contributed by atoms with van der Waals surface area (Å²) in [6.45, 7) is 6.87. The van der Waals surface area contributed by atoms with Crippen LogP contribution in [-0.4, -0.2) is 34.5 Å². The van der Waals surface area contributed by atoms with Crippen molar-refractivity contribution in [1.82, 2.24) is 0 Å². The maximum absolute atomic E-state index is 11.6. The summed E-state index contributed by atoms with van der Waals surface area (Å²) in [4.78, 5) is 27.7. The predicted molar refractivity (Wildman–Crippen MR) is 73.9 cm³/mol. The van der Waals surface area contributed by atoms with Gasteiger partial charge in [-0.1, -0.05) is 5.16 Å². The van der Waals surface area contributed by atoms with E-state index in [1.165, 1.54) is 18.4 Å². The molecule has 7 heteroatoms. The first kappa shape index (κ1) is 16.7. The Labute approximate surface area is 122 Å². The molecule has 1 unspecified atom stereocenters. The summed E-state index contributed by atoms with van der Waals surface area (Å²) in [5, 5.41) is 12.6. The molecule has 0 bridgehead atoms. The SMILES string of the molecule is CC(CC(=O)OC(C)(C)C)ON=C(C(=O)O)c1ccco1. The van der Waals surface area contributed by atoms with Gasteiger partial charge in [0.1, 0.15) is 11.7 Å². The van der Waals surface area contributed by atoms with Crippen molar-refractivity contribution < 1.29 is 28.7 Å². The number of furan rings is 1. The number of aliphatic carboxylic acids is 1. The lowest BCUT2D eigenvalue weighted by Crippen LogP contribution is -2.26. The Morgan fingerprint density at radius 2 is 2.10 bits per heavy atom. The Morgan fingerprint density at radius 1 is 1.43 bits per heavy atom. The molecule has 0 radical (unpaired) electrons. The zero-order valence-corrected chi connectivity index (χ0v) is 12.5. The van der Waals surface area contributed by atoms with E-state index in [1.54, 1.807) is 27.7 Å². The van der Waals surface area contributed by atoms with Gasteiger partial charge in [0.25, 0.3) is 0 Å². The molecule has 7 nitrogen and oxygen atoms in total. The molecule has 116 valence electrons. The molecule has 1 aromatic rings. The summed E-state index contributed by atoms with van der Waals surface area (Å²) >= 11 is 0. The standard InChI is InChI=1S/C14H19NO6/c1-9(8-11(16)20-14(2,3)4)21-15-12(13(17)18)10-6-5-7-19-10/h5-7,9H,8H2,1-4H3,(H,17,18). The zero-order valence-electron chi connectivity index (χ0n) is 12.5. The normalized spacial score (nSPS) is 13.6. The monoisotopic (exact) mass is 297 g/mol. The molecule has 0 aromatic carbocycles. The number of carbonyl (C=O) groups is 2. The summed E-state index contributed by atoms with van der Waals surface area (Å²) in [7, 11) is 0. The molecule has 1 aromatic heterocycles. The first-order valence-corrected chi connectivity index (χ1v) is 6.42. The fourth-order valence-corrected chi connectivity index (χ4v) is 1.40. The van der Waals surface area contributed by atoms with E-state index in [0.29, 0.717) is 0 Å². The lowest BCUT2D eigenvalue weighted by atomic mass is 10.2. The summed E-state index contributed by atoms with van der Waals surface area (Å²) in [5.41, 5.74) is -0.948. The van der Waals surface area contributed by atoms with E-state index in [4.69, 9.17) is 19.1 Å². The van der Waals surface area contributed by atoms with Crippen LogP contribution in [-0.2, 0) is 19.2 Å². The van der Waals surface area contributed by atoms with Crippen molar-refractivity contribution in [2.45, 2.75) is 45.8 Å². The van der Waals surface area contributed by atoms with E-state index in [1.807, 2.05) is 0 Å². The van der Waals surface area contributed by atoms with Crippen molar-refractivity contribution >= 4 is 17.7 Å². The lowest BCUT2D eigenvalue weighted by molar-refractivity contribution is -0.157. The molecule has 0 saturated carbocycles. The van der Waals surface area contributed by atoms with Gasteiger partial charge >= 0.3 is 11.9 Å². The molecule has 1 atom stereocenters. The molecule has 1 rings (SSSR count). The van der Waals surface area contributed by atoms with Crippen LogP contribution in [0.2, 0.25) is 0 Å². The number of esters is 1. The van der Waals surface area contributed by atoms with Crippen LogP contribution >= 0.6 is 0 Å². The molecule has 0 aliphatic carbocycles. The van der Waals surface area contributed by atoms with Gasteiger partial charge in [-0.2, -0.15) is 0 Å². The number of oxime groups is 1. The predicted octanol–water partition coefficient (Wildman–Crippen LogP) is 2.21. The molecule has 0 aliphatic heterocycles. The number of hydrogen-bond acceptors (Lipinski definition) is 6. The first-order valence-electron chi connectivity index (χ1n) is 6.42. The van der Waals surface area contributed by atoms with Crippen LogP contribution in [0.3, 0.4) is 0 Å². The zero-order chi connectivity index (χ0) is 16.0. The van der Waals surface area contributed by atoms with Gasteiger partial charge in [0.05, 0.1) is 12.7 Å². The van der Waals surface area contributed by atoms with E-state index in [-0.39, 0.29) is 17.9 Å². The van der Waals surface area contributed by atoms with Gasteiger partial charge in [-0.25, -0.2) is 4.79 Å². The van der Waals surface area contributed by atoms with Crippen molar-refractivity contribution in [2.24, 2.45) is 5.16 Å². The van der Waals surface area contributed by atoms with E-state index in [9.17, 15) is 9.59 Å². The van der Waals surface area contributed by atoms with Crippen LogP contribution in [0.5, 0.6) is 0 Å². The Bertz CT molecular complexity index is 512. The van der Waals surface area contributed by atoms with E-state index < -0.39 is 23.6 Å². The molecular weight excluding hydrogens is 278 g/mol. The summed E-state index contributed by atoms with van der Waals surface area (Å²) < 4.78 is 10.1. The minimum Gasteiger partial charge on any atom is -0.476 e. The molecular formula is C14H19NO6. The van der Waals surface area contributed by atoms with Crippen LogP contribution in [0.4, 0.5) is 0 Å². The molecule has 21 heavy (non-hydrogen) atoms. The van der Waals surface area contributed by atoms with E-state index >= 15 is 0 Å². The van der Waals surface area contributed by atoms with Gasteiger partial charge in [-0.05, 0) is 39.8 Å². The van der Waals surface area contributed by atoms with Gasteiger partial charge in [-0.15, -0.1) is 0 Å². The fraction of sp³-hybridized carbons (Fsp3) is 0.500. The highest BCUT2D eigenvalue weighted by atomic mass is 16.6. The second-order valence-electron chi connectivity index (χ2n) is 5.43. The molecule has 0 saturated heterocycles. The van der Waals surface area contributed by atoms with Crippen molar-refractivity contribution in [3.05, 3.63) is 24.2 Å². The Morgan fingerprint density at radius 3 is 2.57 bits per heavy atom. The molecule has 1 heterocycles. The Balaban J connectivity index is 2.61. The van der Waals surface area contributed by atoms with Crippen LogP contribution in [0, 0.1) is 0 Å². The van der Waals surface area contributed by atoms with E-state index in [0.717, 1.165) is 0 Å². The van der Waals surface area contributed by atoms with Gasteiger partial charge in [0.15, 0.2) is 5.76 Å². The first-order chi connectivity index (χ1) is 9.69. The van der Waals surface area contributed by atoms with Crippen LogP contribution in [0.25, 0.3) is 0 Å². The molecule has 0 amide bonds. The minimum absolute atomic E-state index is 0.0359. The second kappa shape index (κ2) is 6.92. The van der Waals surface area contributed by atoms with Crippen molar-refractivity contribution in [3.8, 4) is 0 Å². The second-order valence-corrected chi connectivity index (χ2v) is 5.43. The van der Waals surface area contributed by atoms with Gasteiger partial charge in [0, 0.05) is 0 Å². The quantitative estimate of drug-likeness (QED) is 0.491. The fourth-order valence-electron chi connectivity index (χ4n) is 1.40.